The van der Waals surface area contributed by atoms with Crippen LogP contribution in [0.5, 0.6) is 0 Å². The van der Waals surface area contributed by atoms with Gasteiger partial charge in [-0.05, 0) is 38.5 Å². The molecular formula is C16H21F3N2O3S. The maximum absolute atomic E-state index is 12.8. The van der Waals surface area contributed by atoms with Crippen LogP contribution in [0.1, 0.15) is 39.0 Å². The lowest BCUT2D eigenvalue weighted by Crippen LogP contribution is -2.52. The Labute approximate surface area is 146 Å². The van der Waals surface area contributed by atoms with Crippen molar-refractivity contribution in [2.24, 2.45) is 17.0 Å². The zero-order chi connectivity index (χ0) is 19.3. The molecule has 0 N–H and O–H groups in total. The highest BCUT2D eigenvalue weighted by Crippen LogP contribution is 2.43. The highest BCUT2D eigenvalue weighted by Gasteiger charge is 2.55. The molecule has 0 spiro atoms. The molecule has 0 heterocycles. The minimum absolute atomic E-state index is 0.299. The predicted octanol–water partition coefficient (Wildman–Crippen LogP) is 3.08. The molecule has 140 valence electrons. The number of oxime groups is 1. The molecule has 0 bridgehead atoms. The monoisotopic (exact) mass is 378 g/mol. The molecule has 0 aromatic heterocycles. The van der Waals surface area contributed by atoms with Crippen LogP contribution in [0.4, 0.5) is 13.2 Å². The van der Waals surface area contributed by atoms with Crippen LogP contribution >= 0.6 is 0 Å². The van der Waals surface area contributed by atoms with Crippen molar-refractivity contribution in [3.8, 4) is 18.4 Å². The van der Waals surface area contributed by atoms with Crippen molar-refractivity contribution < 1.29 is 26.4 Å². The van der Waals surface area contributed by atoms with Gasteiger partial charge >= 0.3 is 6.18 Å². The first kappa shape index (κ1) is 21.3. The van der Waals surface area contributed by atoms with Gasteiger partial charge in [0, 0.05) is 0 Å². The third kappa shape index (κ3) is 4.66. The molecular weight excluding hydrogens is 357 g/mol. The fraction of sp³-hybridized carbons (Fsp3) is 0.750. The maximum atomic E-state index is 12.8. The van der Waals surface area contributed by atoms with Gasteiger partial charge in [0.2, 0.25) is 0 Å². The zero-order valence-electron chi connectivity index (χ0n) is 14.1. The van der Waals surface area contributed by atoms with Crippen molar-refractivity contribution in [1.82, 2.24) is 0 Å². The minimum Gasteiger partial charge on any atom is -0.399 e. The second-order valence-electron chi connectivity index (χ2n) is 6.09. The molecule has 0 aromatic rings. The molecule has 1 aliphatic carbocycles. The number of nitriles is 1. The summed E-state index contributed by atoms with van der Waals surface area (Å²) in [4.78, 5) is 4.69. The number of nitrogens with zero attached hydrogens (tertiary/aromatic N) is 2. The van der Waals surface area contributed by atoms with Crippen molar-refractivity contribution in [2.45, 2.75) is 50.0 Å². The highest BCUT2D eigenvalue weighted by atomic mass is 32.2. The summed E-state index contributed by atoms with van der Waals surface area (Å²) in [6.45, 7) is 1.40. The fourth-order valence-electron chi connectivity index (χ4n) is 3.28. The van der Waals surface area contributed by atoms with Crippen molar-refractivity contribution in [3.05, 3.63) is 0 Å². The first-order valence-corrected chi connectivity index (χ1v) is 9.44. The van der Waals surface area contributed by atoms with Gasteiger partial charge in [0.05, 0.1) is 29.9 Å². The molecule has 2 atom stereocenters. The molecule has 1 aliphatic rings. The smallest absolute Gasteiger partial charge is 0.390 e. The van der Waals surface area contributed by atoms with Gasteiger partial charge in [0.1, 0.15) is 7.11 Å². The molecule has 1 rings (SSSR count). The Bertz CT molecular complexity index is 679. The molecule has 1 fully saturated rings. The van der Waals surface area contributed by atoms with Gasteiger partial charge in [-0.25, -0.2) is 8.42 Å². The van der Waals surface area contributed by atoms with E-state index in [1.807, 2.05) is 0 Å². The Morgan fingerprint density at radius 1 is 1.40 bits per heavy atom. The minimum atomic E-state index is -4.63. The molecule has 0 amide bonds. The van der Waals surface area contributed by atoms with E-state index in [2.05, 4.69) is 15.9 Å². The van der Waals surface area contributed by atoms with Crippen LogP contribution in [-0.2, 0) is 14.7 Å². The maximum Gasteiger partial charge on any atom is 0.390 e. The normalized spacial score (nSPS) is 22.2. The largest absolute Gasteiger partial charge is 0.399 e. The molecule has 0 aliphatic heterocycles. The summed E-state index contributed by atoms with van der Waals surface area (Å²) in [5, 5.41) is 13.5. The average Bonchev–Trinajstić information content (AvgIpc) is 2.55. The molecule has 9 heteroatoms. The van der Waals surface area contributed by atoms with Crippen LogP contribution < -0.4 is 0 Å². The average molecular weight is 378 g/mol. The van der Waals surface area contributed by atoms with Gasteiger partial charge in [-0.1, -0.05) is 5.16 Å². The Hall–Kier alpha value is -1.74. The van der Waals surface area contributed by atoms with E-state index >= 15 is 0 Å². The van der Waals surface area contributed by atoms with Crippen molar-refractivity contribution in [2.75, 3.05) is 12.9 Å². The summed E-state index contributed by atoms with van der Waals surface area (Å²) in [6.07, 6.45) is 0.654. The summed E-state index contributed by atoms with van der Waals surface area (Å²) in [5.74, 6) is -0.573. The predicted molar refractivity (Wildman–Crippen MR) is 87.2 cm³/mol. The third-order valence-electron chi connectivity index (χ3n) is 4.63. The Morgan fingerprint density at radius 2 is 1.96 bits per heavy atom. The van der Waals surface area contributed by atoms with E-state index in [0.717, 1.165) is 5.71 Å². The summed E-state index contributed by atoms with van der Waals surface area (Å²) in [6, 6.07) is 1.79. The van der Waals surface area contributed by atoms with E-state index in [1.165, 1.54) is 14.0 Å². The number of rotatable bonds is 6. The Balaban J connectivity index is 3.22. The lowest BCUT2D eigenvalue weighted by atomic mass is 9.74. The summed E-state index contributed by atoms with van der Waals surface area (Å²) in [5.41, 5.74) is 0.728. The van der Waals surface area contributed by atoms with Crippen molar-refractivity contribution in [1.29, 1.82) is 5.26 Å². The number of hydrogen-bond donors (Lipinski definition) is 0. The van der Waals surface area contributed by atoms with E-state index in [9.17, 15) is 26.9 Å². The molecule has 5 nitrogen and oxygen atoms in total. The molecule has 0 saturated heterocycles. The Kier molecular flexibility index (Phi) is 6.90. The second-order valence-corrected chi connectivity index (χ2v) is 8.40. The van der Waals surface area contributed by atoms with Crippen LogP contribution in [-0.4, -0.2) is 37.9 Å². The van der Waals surface area contributed by atoms with Gasteiger partial charge < -0.3 is 4.84 Å². The lowest BCUT2D eigenvalue weighted by Gasteiger charge is -2.39. The standard InChI is InChI=1S/C16H21F3N2O3S/c1-4-12(2)15(11-20,25(22,23)10-9-16(17,18)19)13-5-7-14(8-6-13)21-24-3/h1,12-13H,5-10H2,2-3H3. The molecule has 25 heavy (non-hydrogen) atoms. The third-order valence-corrected chi connectivity index (χ3v) is 7.18. The summed E-state index contributed by atoms with van der Waals surface area (Å²) < 4.78 is 61.1. The van der Waals surface area contributed by atoms with Crippen LogP contribution in [0, 0.1) is 35.5 Å². The van der Waals surface area contributed by atoms with Crippen LogP contribution in [0.15, 0.2) is 5.16 Å². The Morgan fingerprint density at radius 3 is 2.36 bits per heavy atom. The topological polar surface area (TPSA) is 79.5 Å². The number of alkyl halides is 3. The van der Waals surface area contributed by atoms with E-state index in [-0.39, 0.29) is 0 Å². The van der Waals surface area contributed by atoms with E-state index in [1.54, 1.807) is 6.07 Å². The van der Waals surface area contributed by atoms with Crippen LogP contribution in [0.3, 0.4) is 0 Å². The first-order chi connectivity index (χ1) is 11.5. The van der Waals surface area contributed by atoms with Crippen molar-refractivity contribution >= 4 is 15.5 Å². The SMILES string of the molecule is C#CC(C)C(C#N)(C1CCC(=NOC)CC1)S(=O)(=O)CCC(F)(F)F. The molecule has 2 unspecified atom stereocenters. The van der Waals surface area contributed by atoms with Crippen LogP contribution in [0.2, 0.25) is 0 Å². The zero-order valence-corrected chi connectivity index (χ0v) is 15.0. The highest BCUT2D eigenvalue weighted by molar-refractivity contribution is 7.93. The van der Waals surface area contributed by atoms with Gasteiger partial charge in [-0.15, -0.1) is 12.3 Å². The number of terminal acetylenes is 1. The van der Waals surface area contributed by atoms with E-state index < -0.39 is 44.8 Å². The molecule has 0 radical (unpaired) electrons. The lowest BCUT2D eigenvalue weighted by molar-refractivity contribution is -0.130. The molecule has 0 aromatic carbocycles. The van der Waals surface area contributed by atoms with Crippen molar-refractivity contribution in [3.63, 3.8) is 0 Å². The summed E-state index contributed by atoms with van der Waals surface area (Å²) >= 11 is 0. The quantitative estimate of drug-likeness (QED) is 0.526. The van der Waals surface area contributed by atoms with E-state index in [4.69, 9.17) is 6.42 Å². The summed E-state index contributed by atoms with van der Waals surface area (Å²) in [7, 11) is -3.01. The fourth-order valence-corrected chi connectivity index (χ4v) is 5.60. The van der Waals surface area contributed by atoms with Gasteiger partial charge in [0.15, 0.2) is 14.6 Å². The number of hydrogen-bond acceptors (Lipinski definition) is 5. The van der Waals surface area contributed by atoms with Gasteiger partial charge in [-0.3, -0.25) is 0 Å². The number of halogens is 3. The van der Waals surface area contributed by atoms with E-state index in [0.29, 0.717) is 25.7 Å². The second kappa shape index (κ2) is 8.09. The van der Waals surface area contributed by atoms with Crippen LogP contribution in [0.25, 0.3) is 0 Å². The first-order valence-electron chi connectivity index (χ1n) is 7.79. The number of sulfone groups is 1. The van der Waals surface area contributed by atoms with Gasteiger partial charge in [-0.2, -0.15) is 18.4 Å². The van der Waals surface area contributed by atoms with Gasteiger partial charge in [0.25, 0.3) is 0 Å². The molecule has 1 saturated carbocycles.